The summed E-state index contributed by atoms with van der Waals surface area (Å²) in [5, 5.41) is 20.7. The van der Waals surface area contributed by atoms with Gasteiger partial charge in [-0.2, -0.15) is 0 Å². The van der Waals surface area contributed by atoms with Crippen molar-refractivity contribution in [1.82, 2.24) is 0 Å². The Morgan fingerprint density at radius 1 is 0.850 bits per heavy atom. The van der Waals surface area contributed by atoms with E-state index < -0.39 is 12.2 Å². The van der Waals surface area contributed by atoms with Crippen LogP contribution in [-0.2, 0) is 0 Å². The van der Waals surface area contributed by atoms with Gasteiger partial charge >= 0.3 is 0 Å². The normalized spacial score (nSPS) is 14.0. The van der Waals surface area contributed by atoms with Gasteiger partial charge in [-0.25, -0.2) is 0 Å². The first-order chi connectivity index (χ1) is 9.56. The van der Waals surface area contributed by atoms with E-state index >= 15 is 0 Å². The maximum absolute atomic E-state index is 9.33. The molecule has 0 aliphatic rings. The van der Waals surface area contributed by atoms with E-state index in [-0.39, 0.29) is 13.2 Å². The molecule has 0 saturated carbocycles. The third-order valence-electron chi connectivity index (χ3n) is 2.77. The Kier molecular flexibility index (Phi) is 4.82. The molecule has 2 atom stereocenters. The minimum Gasteiger partial charge on any atom is -0.487 e. The van der Waals surface area contributed by atoms with Gasteiger partial charge in [-0.3, -0.25) is 0 Å². The predicted octanol–water partition coefficient (Wildman–Crippen LogP) is 2.36. The topological polar surface area (TPSA) is 58.9 Å². The van der Waals surface area contributed by atoms with Crippen LogP contribution in [0.5, 0.6) is 11.5 Å². The van der Waals surface area contributed by atoms with E-state index in [9.17, 15) is 10.2 Å². The van der Waals surface area contributed by atoms with Crippen molar-refractivity contribution in [3.8, 4) is 11.5 Å². The average Bonchev–Trinajstić information content (AvgIpc) is 2.42. The molecule has 0 radical (unpaired) electrons. The van der Waals surface area contributed by atoms with Gasteiger partial charge in [0, 0.05) is 0 Å². The number of hydrogen-bond donors (Lipinski definition) is 2. The highest BCUT2D eigenvalue weighted by Gasteiger charge is 2.10. The second-order valence-electron chi connectivity index (χ2n) is 4.97. The van der Waals surface area contributed by atoms with Crippen LogP contribution in [0.3, 0.4) is 0 Å². The summed E-state index contributed by atoms with van der Waals surface area (Å²) in [4.78, 5) is 0. The molecule has 4 nitrogen and oxygen atoms in total. The third-order valence-corrected chi connectivity index (χ3v) is 2.77. The van der Waals surface area contributed by atoms with Crippen molar-refractivity contribution in [2.45, 2.75) is 26.1 Å². The third kappa shape index (κ3) is 3.85. The van der Waals surface area contributed by atoms with Crippen molar-refractivity contribution >= 4 is 10.8 Å². The minimum atomic E-state index is -0.550. The van der Waals surface area contributed by atoms with Gasteiger partial charge in [0.05, 0.1) is 12.2 Å². The molecule has 0 fully saturated rings. The van der Waals surface area contributed by atoms with Gasteiger partial charge in [-0.15, -0.1) is 0 Å². The summed E-state index contributed by atoms with van der Waals surface area (Å²) in [5.41, 5.74) is 0. The van der Waals surface area contributed by atoms with E-state index in [2.05, 4.69) is 0 Å². The molecule has 20 heavy (non-hydrogen) atoms. The van der Waals surface area contributed by atoms with Crippen LogP contribution >= 0.6 is 0 Å². The molecule has 2 aromatic carbocycles. The number of aliphatic hydroxyl groups is 2. The van der Waals surface area contributed by atoms with Gasteiger partial charge in [0.1, 0.15) is 13.2 Å². The summed E-state index contributed by atoms with van der Waals surface area (Å²) < 4.78 is 11.2. The molecule has 0 aromatic heterocycles. The molecular formula is C16H20O4. The van der Waals surface area contributed by atoms with Crippen LogP contribution < -0.4 is 9.47 Å². The van der Waals surface area contributed by atoms with Gasteiger partial charge < -0.3 is 19.7 Å². The summed E-state index contributed by atoms with van der Waals surface area (Å²) >= 11 is 0. The summed E-state index contributed by atoms with van der Waals surface area (Å²) in [6.07, 6.45) is -1.10. The average molecular weight is 276 g/mol. The van der Waals surface area contributed by atoms with E-state index in [1.54, 1.807) is 13.8 Å². The summed E-state index contributed by atoms with van der Waals surface area (Å²) in [6, 6.07) is 11.7. The maximum atomic E-state index is 9.33. The first kappa shape index (κ1) is 14.6. The molecule has 4 heteroatoms. The van der Waals surface area contributed by atoms with Crippen molar-refractivity contribution in [3.63, 3.8) is 0 Å². The highest BCUT2D eigenvalue weighted by molar-refractivity contribution is 5.86. The predicted molar refractivity (Wildman–Crippen MR) is 78.3 cm³/mol. The Morgan fingerprint density at radius 2 is 1.25 bits per heavy atom. The lowest BCUT2D eigenvalue weighted by Gasteiger charge is -2.15. The fourth-order valence-corrected chi connectivity index (χ4v) is 1.84. The second-order valence-corrected chi connectivity index (χ2v) is 4.97. The lowest BCUT2D eigenvalue weighted by molar-refractivity contribution is 0.107. The monoisotopic (exact) mass is 276 g/mol. The van der Waals surface area contributed by atoms with Crippen molar-refractivity contribution in [1.29, 1.82) is 0 Å². The van der Waals surface area contributed by atoms with Crippen LogP contribution in [0.4, 0.5) is 0 Å². The smallest absolute Gasteiger partial charge is 0.161 e. The Morgan fingerprint density at radius 3 is 1.60 bits per heavy atom. The number of fused-ring (bicyclic) bond motifs is 1. The van der Waals surface area contributed by atoms with Gasteiger partial charge in [0.25, 0.3) is 0 Å². The summed E-state index contributed by atoms with van der Waals surface area (Å²) in [7, 11) is 0. The Balaban J connectivity index is 2.31. The van der Waals surface area contributed by atoms with Gasteiger partial charge in [0.2, 0.25) is 0 Å². The lowest BCUT2D eigenvalue weighted by atomic mass is 10.1. The number of aliphatic hydroxyl groups excluding tert-OH is 2. The van der Waals surface area contributed by atoms with Crippen molar-refractivity contribution < 1.29 is 19.7 Å². The highest BCUT2D eigenvalue weighted by atomic mass is 16.5. The van der Waals surface area contributed by atoms with E-state index in [1.165, 1.54) is 0 Å². The Bertz CT molecular complexity index is 513. The van der Waals surface area contributed by atoms with Crippen molar-refractivity contribution in [3.05, 3.63) is 36.4 Å². The molecule has 0 saturated heterocycles. The number of benzene rings is 2. The molecule has 2 N–H and O–H groups in total. The molecule has 0 spiro atoms. The molecule has 0 aliphatic carbocycles. The molecular weight excluding hydrogens is 256 g/mol. The van der Waals surface area contributed by atoms with Crippen LogP contribution in [0.15, 0.2) is 36.4 Å². The lowest BCUT2D eigenvalue weighted by Crippen LogP contribution is -2.15. The van der Waals surface area contributed by atoms with Crippen molar-refractivity contribution in [2.24, 2.45) is 0 Å². The summed E-state index contributed by atoms with van der Waals surface area (Å²) in [5.74, 6) is 1.15. The molecule has 2 rings (SSSR count). The first-order valence-corrected chi connectivity index (χ1v) is 6.71. The van der Waals surface area contributed by atoms with Gasteiger partial charge in [-0.05, 0) is 36.8 Å². The fraction of sp³-hybridized carbons (Fsp3) is 0.375. The molecule has 0 amide bonds. The van der Waals surface area contributed by atoms with E-state index in [0.717, 1.165) is 10.8 Å². The fourth-order valence-electron chi connectivity index (χ4n) is 1.84. The first-order valence-electron chi connectivity index (χ1n) is 6.71. The maximum Gasteiger partial charge on any atom is 0.161 e. The zero-order valence-corrected chi connectivity index (χ0v) is 11.7. The molecule has 0 heterocycles. The molecule has 0 bridgehead atoms. The molecule has 0 aliphatic heterocycles. The van der Waals surface area contributed by atoms with Crippen LogP contribution in [0, 0.1) is 0 Å². The summed E-state index contributed by atoms with van der Waals surface area (Å²) in [6.45, 7) is 3.72. The van der Waals surface area contributed by atoms with Crippen LogP contribution in [0.1, 0.15) is 13.8 Å². The quantitative estimate of drug-likeness (QED) is 0.850. The van der Waals surface area contributed by atoms with E-state index in [0.29, 0.717) is 11.5 Å². The largest absolute Gasteiger partial charge is 0.487 e. The van der Waals surface area contributed by atoms with Crippen LogP contribution in [0.2, 0.25) is 0 Å². The second kappa shape index (κ2) is 6.59. The van der Waals surface area contributed by atoms with E-state index in [1.807, 2.05) is 36.4 Å². The Hall–Kier alpha value is -1.78. The molecule has 2 unspecified atom stereocenters. The standard InChI is InChI=1S/C16H20O4/c1-11(17)9-19-15-7-13-5-3-4-6-14(13)8-16(15)20-10-12(2)18/h3-8,11-12,17-18H,9-10H2,1-2H3. The van der Waals surface area contributed by atoms with Crippen LogP contribution in [0.25, 0.3) is 10.8 Å². The Labute approximate surface area is 118 Å². The molecule has 2 aromatic rings. The zero-order chi connectivity index (χ0) is 14.5. The van der Waals surface area contributed by atoms with E-state index in [4.69, 9.17) is 9.47 Å². The highest BCUT2D eigenvalue weighted by Crippen LogP contribution is 2.32. The molecule has 108 valence electrons. The SMILES string of the molecule is CC(O)COc1cc2ccccc2cc1OCC(C)O. The minimum absolute atomic E-state index is 0.198. The van der Waals surface area contributed by atoms with Crippen molar-refractivity contribution in [2.75, 3.05) is 13.2 Å². The van der Waals surface area contributed by atoms with Gasteiger partial charge in [0.15, 0.2) is 11.5 Å². The van der Waals surface area contributed by atoms with Gasteiger partial charge in [-0.1, -0.05) is 24.3 Å². The number of rotatable bonds is 6. The number of ether oxygens (including phenoxy) is 2. The number of hydrogen-bond acceptors (Lipinski definition) is 4. The van der Waals surface area contributed by atoms with Crippen LogP contribution in [-0.4, -0.2) is 35.6 Å². The zero-order valence-electron chi connectivity index (χ0n) is 11.7.